The second-order valence-electron chi connectivity index (χ2n) is 3.67. The van der Waals surface area contributed by atoms with Crippen LogP contribution in [-0.2, 0) is 16.1 Å². The number of nitrogens with zero attached hydrogens (tertiary/aromatic N) is 1. The van der Waals surface area contributed by atoms with E-state index in [1.165, 1.54) is 10.9 Å². The standard InChI is InChI=1S/C11H12N2.C2H2O4.H2O/c1-12-8-9-4-5-11-10(7-9)3-2-6-13-11;3-1(4)2(5)6;/h2-7,12H,8H2,1H3;(H,3,4)(H,5,6);1H2. The van der Waals surface area contributed by atoms with Gasteiger partial charge >= 0.3 is 11.9 Å². The van der Waals surface area contributed by atoms with Crippen LogP contribution in [0.4, 0.5) is 0 Å². The largest absolute Gasteiger partial charge is 0.473 e. The van der Waals surface area contributed by atoms with E-state index < -0.39 is 11.9 Å². The molecule has 0 saturated carbocycles. The first kappa shape index (κ1) is 17.5. The molecule has 2 aromatic rings. The van der Waals surface area contributed by atoms with E-state index in [-0.39, 0.29) is 5.48 Å². The van der Waals surface area contributed by atoms with E-state index in [2.05, 4.69) is 34.6 Å². The summed E-state index contributed by atoms with van der Waals surface area (Å²) < 4.78 is 0. The highest BCUT2D eigenvalue weighted by Crippen LogP contribution is 2.12. The van der Waals surface area contributed by atoms with Crippen molar-refractivity contribution in [2.45, 2.75) is 6.54 Å². The smallest absolute Gasteiger partial charge is 0.414 e. The van der Waals surface area contributed by atoms with Crippen LogP contribution in [0.15, 0.2) is 36.5 Å². The fourth-order valence-corrected chi connectivity index (χ4v) is 1.44. The number of hydrogen-bond acceptors (Lipinski definition) is 4. The number of fused-ring (bicyclic) bond motifs is 1. The predicted octanol–water partition coefficient (Wildman–Crippen LogP) is 0.285. The number of aromatic nitrogens is 1. The fourth-order valence-electron chi connectivity index (χ4n) is 1.44. The number of aliphatic carboxylic acids is 2. The average molecular weight is 280 g/mol. The summed E-state index contributed by atoms with van der Waals surface area (Å²) in [6, 6.07) is 10.4. The molecule has 1 heterocycles. The number of pyridine rings is 1. The summed E-state index contributed by atoms with van der Waals surface area (Å²) in [5.74, 6) is -3.65. The molecule has 0 aliphatic rings. The lowest BCUT2D eigenvalue weighted by Crippen LogP contribution is -2.09. The van der Waals surface area contributed by atoms with Crippen LogP contribution in [0.25, 0.3) is 10.9 Å². The minimum absolute atomic E-state index is 0. The quantitative estimate of drug-likeness (QED) is 0.677. The molecule has 5 N–H and O–H groups in total. The summed E-state index contributed by atoms with van der Waals surface area (Å²) >= 11 is 0. The first-order valence-corrected chi connectivity index (χ1v) is 5.49. The van der Waals surface area contributed by atoms with Crippen molar-refractivity contribution in [1.29, 1.82) is 0 Å². The first-order chi connectivity index (χ1) is 9.04. The second kappa shape index (κ2) is 8.57. The molecule has 1 aromatic heterocycles. The number of carboxylic acid groups (broad SMARTS) is 2. The summed E-state index contributed by atoms with van der Waals surface area (Å²) in [7, 11) is 1.95. The topological polar surface area (TPSA) is 131 Å². The lowest BCUT2D eigenvalue weighted by Gasteiger charge is -2.01. The molecule has 0 saturated heterocycles. The van der Waals surface area contributed by atoms with Gasteiger partial charge in [0.05, 0.1) is 5.52 Å². The van der Waals surface area contributed by atoms with Crippen LogP contribution in [0.3, 0.4) is 0 Å². The summed E-state index contributed by atoms with van der Waals surface area (Å²) in [4.78, 5) is 22.5. The Kier molecular flexibility index (Phi) is 7.49. The van der Waals surface area contributed by atoms with E-state index in [1.807, 2.05) is 19.3 Å². The molecular formula is C13H16N2O5. The number of benzene rings is 1. The van der Waals surface area contributed by atoms with E-state index in [0.29, 0.717) is 0 Å². The molecule has 0 aliphatic carbocycles. The zero-order valence-electron chi connectivity index (χ0n) is 10.8. The molecule has 7 heteroatoms. The third kappa shape index (κ3) is 5.42. The molecule has 0 unspecified atom stereocenters. The van der Waals surface area contributed by atoms with Crippen molar-refractivity contribution in [3.05, 3.63) is 42.1 Å². The third-order valence-electron chi connectivity index (χ3n) is 2.23. The number of nitrogens with one attached hydrogen (secondary N) is 1. The third-order valence-corrected chi connectivity index (χ3v) is 2.23. The highest BCUT2D eigenvalue weighted by Gasteiger charge is 2.04. The molecule has 0 bridgehead atoms. The Morgan fingerprint density at radius 3 is 2.40 bits per heavy atom. The van der Waals surface area contributed by atoms with Crippen LogP contribution in [0.5, 0.6) is 0 Å². The molecule has 0 amide bonds. The van der Waals surface area contributed by atoms with Gasteiger partial charge in [0.1, 0.15) is 0 Å². The zero-order chi connectivity index (χ0) is 14.3. The van der Waals surface area contributed by atoms with Crippen LogP contribution < -0.4 is 5.32 Å². The summed E-state index contributed by atoms with van der Waals surface area (Å²) in [6.07, 6.45) is 1.82. The Morgan fingerprint density at radius 1 is 1.20 bits per heavy atom. The zero-order valence-corrected chi connectivity index (χ0v) is 10.8. The van der Waals surface area contributed by atoms with Crippen LogP contribution in [-0.4, -0.2) is 39.7 Å². The van der Waals surface area contributed by atoms with Gasteiger partial charge in [-0.05, 0) is 30.8 Å². The van der Waals surface area contributed by atoms with E-state index in [4.69, 9.17) is 19.8 Å². The van der Waals surface area contributed by atoms with Crippen molar-refractivity contribution in [2.75, 3.05) is 7.05 Å². The molecule has 1 aromatic carbocycles. The molecule has 0 spiro atoms. The summed E-state index contributed by atoms with van der Waals surface area (Å²) in [5, 5.41) is 19.1. The van der Waals surface area contributed by atoms with Gasteiger partial charge in [0.25, 0.3) is 0 Å². The molecular weight excluding hydrogens is 264 g/mol. The van der Waals surface area contributed by atoms with Gasteiger partial charge in [-0.1, -0.05) is 12.1 Å². The molecule has 0 atom stereocenters. The van der Waals surface area contributed by atoms with E-state index in [9.17, 15) is 0 Å². The van der Waals surface area contributed by atoms with Crippen molar-refractivity contribution in [3.8, 4) is 0 Å². The van der Waals surface area contributed by atoms with Gasteiger partial charge in [-0.3, -0.25) is 4.98 Å². The lowest BCUT2D eigenvalue weighted by molar-refractivity contribution is -0.159. The van der Waals surface area contributed by atoms with E-state index in [1.54, 1.807) is 0 Å². The van der Waals surface area contributed by atoms with Gasteiger partial charge in [0.15, 0.2) is 0 Å². The van der Waals surface area contributed by atoms with Crippen molar-refractivity contribution < 1.29 is 25.3 Å². The number of carbonyl (C=O) groups is 2. The monoisotopic (exact) mass is 280 g/mol. The van der Waals surface area contributed by atoms with Crippen LogP contribution in [0, 0.1) is 0 Å². The number of carboxylic acids is 2. The van der Waals surface area contributed by atoms with Crippen molar-refractivity contribution in [2.24, 2.45) is 0 Å². The van der Waals surface area contributed by atoms with Gasteiger partial charge in [0, 0.05) is 18.1 Å². The van der Waals surface area contributed by atoms with Gasteiger partial charge in [-0.15, -0.1) is 0 Å². The molecule has 0 radical (unpaired) electrons. The minimum atomic E-state index is -1.82. The maximum absolute atomic E-state index is 9.10. The Balaban J connectivity index is 0.000000448. The molecule has 20 heavy (non-hydrogen) atoms. The summed E-state index contributed by atoms with van der Waals surface area (Å²) in [5.41, 5.74) is 2.35. The highest BCUT2D eigenvalue weighted by atomic mass is 16.4. The maximum Gasteiger partial charge on any atom is 0.414 e. The van der Waals surface area contributed by atoms with Gasteiger partial charge in [0.2, 0.25) is 0 Å². The Morgan fingerprint density at radius 2 is 1.85 bits per heavy atom. The highest BCUT2D eigenvalue weighted by molar-refractivity contribution is 6.27. The lowest BCUT2D eigenvalue weighted by atomic mass is 10.1. The maximum atomic E-state index is 9.10. The van der Waals surface area contributed by atoms with E-state index >= 15 is 0 Å². The minimum Gasteiger partial charge on any atom is -0.473 e. The van der Waals surface area contributed by atoms with Gasteiger partial charge in [-0.25, -0.2) is 9.59 Å². The second-order valence-corrected chi connectivity index (χ2v) is 3.67. The number of rotatable bonds is 2. The first-order valence-electron chi connectivity index (χ1n) is 5.49. The molecule has 108 valence electrons. The fraction of sp³-hybridized carbons (Fsp3) is 0.154. The molecule has 0 fully saturated rings. The Hall–Kier alpha value is -2.51. The van der Waals surface area contributed by atoms with Gasteiger partial charge in [-0.2, -0.15) is 0 Å². The van der Waals surface area contributed by atoms with Crippen molar-refractivity contribution in [1.82, 2.24) is 10.3 Å². The molecule has 2 rings (SSSR count). The SMILES string of the molecule is CNCc1ccc2ncccc2c1.O.O=C(O)C(=O)O. The summed E-state index contributed by atoms with van der Waals surface area (Å²) in [6.45, 7) is 0.908. The molecule has 0 aliphatic heterocycles. The normalized spacial score (nSPS) is 9.05. The molecule has 7 nitrogen and oxygen atoms in total. The van der Waals surface area contributed by atoms with E-state index in [0.717, 1.165) is 12.1 Å². The van der Waals surface area contributed by atoms with Crippen molar-refractivity contribution in [3.63, 3.8) is 0 Å². The Labute approximate surface area is 115 Å². The Bertz CT molecular complexity index is 574. The van der Waals surface area contributed by atoms with Gasteiger partial charge < -0.3 is 21.0 Å². The average Bonchev–Trinajstić information content (AvgIpc) is 2.39. The predicted molar refractivity (Wildman–Crippen MR) is 73.4 cm³/mol. The van der Waals surface area contributed by atoms with Crippen LogP contribution in [0.1, 0.15) is 5.56 Å². The van der Waals surface area contributed by atoms with Crippen LogP contribution >= 0.6 is 0 Å². The van der Waals surface area contributed by atoms with Crippen molar-refractivity contribution >= 4 is 22.8 Å². The number of hydrogen-bond donors (Lipinski definition) is 3. The van der Waals surface area contributed by atoms with Crippen LogP contribution in [0.2, 0.25) is 0 Å².